The van der Waals surface area contributed by atoms with E-state index >= 15 is 0 Å². The van der Waals surface area contributed by atoms with Gasteiger partial charge in [0.15, 0.2) is 6.61 Å². The van der Waals surface area contributed by atoms with Crippen molar-refractivity contribution in [3.05, 3.63) is 59.9 Å². The van der Waals surface area contributed by atoms with Crippen LogP contribution in [-0.4, -0.2) is 37.0 Å². The number of hydrogen-bond donors (Lipinski definition) is 2. The zero-order valence-electron chi connectivity index (χ0n) is 18.5. The Bertz CT molecular complexity index is 1060. The number of rotatable bonds is 7. The molecule has 2 aromatic rings. The molecule has 174 valence electrons. The number of hydrogen-bond acceptors (Lipinski definition) is 5. The molecule has 1 saturated heterocycles. The maximum atomic E-state index is 13.6. The molecule has 1 fully saturated rings. The zero-order chi connectivity index (χ0) is 24.0. The minimum absolute atomic E-state index is 0.0247. The SMILES string of the molecule is CC[C@@H](C)c1ccccc1N1C[C@@H](C(=O)OCC(=O)NC(=O)Nc2ccccc2F)CC1=O. The van der Waals surface area contributed by atoms with Crippen molar-refractivity contribution in [1.29, 1.82) is 0 Å². The Labute approximate surface area is 191 Å². The number of imide groups is 1. The lowest BCUT2D eigenvalue weighted by Gasteiger charge is -2.23. The number of halogens is 1. The summed E-state index contributed by atoms with van der Waals surface area (Å²) in [5.41, 5.74) is 1.71. The predicted molar refractivity (Wildman–Crippen MR) is 120 cm³/mol. The number of urea groups is 1. The number of para-hydroxylation sites is 2. The van der Waals surface area contributed by atoms with E-state index in [9.17, 15) is 23.6 Å². The molecule has 0 unspecified atom stereocenters. The van der Waals surface area contributed by atoms with Crippen molar-refractivity contribution in [2.24, 2.45) is 5.92 Å². The van der Waals surface area contributed by atoms with Crippen LogP contribution in [0, 0.1) is 11.7 Å². The second-order valence-corrected chi connectivity index (χ2v) is 7.86. The van der Waals surface area contributed by atoms with Crippen molar-refractivity contribution in [3.63, 3.8) is 0 Å². The van der Waals surface area contributed by atoms with E-state index in [0.717, 1.165) is 23.7 Å². The van der Waals surface area contributed by atoms with Crippen LogP contribution in [0.1, 0.15) is 38.2 Å². The maximum absolute atomic E-state index is 13.6. The quantitative estimate of drug-likeness (QED) is 0.621. The van der Waals surface area contributed by atoms with E-state index < -0.39 is 36.2 Å². The highest BCUT2D eigenvalue weighted by atomic mass is 19.1. The van der Waals surface area contributed by atoms with Gasteiger partial charge in [0.05, 0.1) is 11.6 Å². The lowest BCUT2D eigenvalue weighted by Crippen LogP contribution is -2.38. The van der Waals surface area contributed by atoms with Gasteiger partial charge in [0.1, 0.15) is 5.82 Å². The number of carbonyl (C=O) groups excluding carboxylic acids is 4. The first kappa shape index (κ1) is 23.9. The number of nitrogens with one attached hydrogen (secondary N) is 2. The van der Waals surface area contributed by atoms with Gasteiger partial charge in [-0.2, -0.15) is 0 Å². The molecule has 0 aromatic heterocycles. The Morgan fingerprint density at radius 3 is 2.58 bits per heavy atom. The summed E-state index contributed by atoms with van der Waals surface area (Å²) in [6.07, 6.45) is 0.882. The van der Waals surface area contributed by atoms with Gasteiger partial charge in [0.25, 0.3) is 5.91 Å². The molecule has 2 atom stereocenters. The maximum Gasteiger partial charge on any atom is 0.326 e. The minimum atomic E-state index is -0.954. The normalized spacial score (nSPS) is 16.3. The number of ether oxygens (including phenoxy) is 1. The molecule has 9 heteroatoms. The van der Waals surface area contributed by atoms with Crippen LogP contribution in [0.25, 0.3) is 0 Å². The summed E-state index contributed by atoms with van der Waals surface area (Å²) in [7, 11) is 0. The molecule has 0 radical (unpaired) electrons. The largest absolute Gasteiger partial charge is 0.455 e. The van der Waals surface area contributed by atoms with E-state index in [1.54, 1.807) is 4.90 Å². The molecule has 33 heavy (non-hydrogen) atoms. The smallest absolute Gasteiger partial charge is 0.326 e. The van der Waals surface area contributed by atoms with Crippen LogP contribution in [0.3, 0.4) is 0 Å². The van der Waals surface area contributed by atoms with Crippen LogP contribution in [0.15, 0.2) is 48.5 Å². The van der Waals surface area contributed by atoms with Crippen LogP contribution < -0.4 is 15.5 Å². The van der Waals surface area contributed by atoms with E-state index in [0.29, 0.717) is 0 Å². The summed E-state index contributed by atoms with van der Waals surface area (Å²) >= 11 is 0. The van der Waals surface area contributed by atoms with Gasteiger partial charge in [0, 0.05) is 18.7 Å². The summed E-state index contributed by atoms with van der Waals surface area (Å²) in [6, 6.07) is 12.1. The van der Waals surface area contributed by atoms with Crippen LogP contribution >= 0.6 is 0 Å². The van der Waals surface area contributed by atoms with E-state index in [2.05, 4.69) is 19.2 Å². The van der Waals surface area contributed by atoms with Crippen molar-refractivity contribution in [2.45, 2.75) is 32.6 Å². The van der Waals surface area contributed by atoms with E-state index in [1.165, 1.54) is 18.2 Å². The number of amides is 4. The third-order valence-electron chi connectivity index (χ3n) is 5.55. The molecule has 1 aliphatic rings. The van der Waals surface area contributed by atoms with Gasteiger partial charge in [-0.05, 0) is 36.1 Å². The van der Waals surface area contributed by atoms with Crippen molar-refractivity contribution in [1.82, 2.24) is 5.32 Å². The molecule has 2 N–H and O–H groups in total. The molecular weight excluding hydrogens is 429 g/mol. The van der Waals surface area contributed by atoms with Crippen molar-refractivity contribution in [3.8, 4) is 0 Å². The van der Waals surface area contributed by atoms with Crippen molar-refractivity contribution < 1.29 is 28.3 Å². The molecule has 0 saturated carbocycles. The van der Waals surface area contributed by atoms with Gasteiger partial charge >= 0.3 is 12.0 Å². The molecule has 1 aliphatic heterocycles. The summed E-state index contributed by atoms with van der Waals surface area (Å²) in [4.78, 5) is 50.4. The monoisotopic (exact) mass is 455 g/mol. The Morgan fingerprint density at radius 1 is 1.15 bits per heavy atom. The third kappa shape index (κ3) is 5.94. The Morgan fingerprint density at radius 2 is 1.85 bits per heavy atom. The first-order valence-electron chi connectivity index (χ1n) is 10.7. The molecule has 2 aromatic carbocycles. The Balaban J connectivity index is 1.52. The van der Waals surface area contributed by atoms with Gasteiger partial charge in [-0.25, -0.2) is 9.18 Å². The summed E-state index contributed by atoms with van der Waals surface area (Å²) in [5.74, 6) is -2.89. The number of nitrogens with zero attached hydrogens (tertiary/aromatic N) is 1. The topological polar surface area (TPSA) is 105 Å². The highest BCUT2D eigenvalue weighted by Gasteiger charge is 2.37. The molecule has 0 aliphatic carbocycles. The lowest BCUT2D eigenvalue weighted by atomic mass is 9.96. The molecule has 3 rings (SSSR count). The van der Waals surface area contributed by atoms with Crippen molar-refractivity contribution in [2.75, 3.05) is 23.4 Å². The first-order valence-corrected chi connectivity index (χ1v) is 10.7. The first-order chi connectivity index (χ1) is 15.8. The average molecular weight is 455 g/mol. The highest BCUT2D eigenvalue weighted by molar-refractivity contribution is 6.03. The molecule has 4 amide bonds. The minimum Gasteiger partial charge on any atom is -0.455 e. The van der Waals surface area contributed by atoms with E-state index in [-0.39, 0.29) is 30.5 Å². The molecule has 0 bridgehead atoms. The van der Waals surface area contributed by atoms with Crippen LogP contribution in [-0.2, 0) is 19.1 Å². The molecule has 8 nitrogen and oxygen atoms in total. The van der Waals surface area contributed by atoms with Gasteiger partial charge < -0.3 is 15.0 Å². The van der Waals surface area contributed by atoms with Crippen LogP contribution in [0.4, 0.5) is 20.6 Å². The average Bonchev–Trinajstić information content (AvgIpc) is 3.20. The fourth-order valence-electron chi connectivity index (χ4n) is 3.60. The van der Waals surface area contributed by atoms with Crippen molar-refractivity contribution >= 4 is 35.2 Å². The molecule has 1 heterocycles. The zero-order valence-corrected chi connectivity index (χ0v) is 18.5. The molecule has 0 spiro atoms. The van der Waals surface area contributed by atoms with E-state index in [1.807, 2.05) is 29.6 Å². The fraction of sp³-hybridized carbons (Fsp3) is 0.333. The summed E-state index contributed by atoms with van der Waals surface area (Å²) < 4.78 is 18.6. The number of carbonyl (C=O) groups is 4. The van der Waals surface area contributed by atoms with Gasteiger partial charge in [-0.3, -0.25) is 19.7 Å². The van der Waals surface area contributed by atoms with E-state index in [4.69, 9.17) is 4.74 Å². The number of benzene rings is 2. The standard InChI is InChI=1S/C24H26FN3O5/c1-3-15(2)17-8-4-7-11-20(17)28-13-16(12-22(28)30)23(31)33-14-21(29)27-24(32)26-19-10-6-5-9-18(19)25/h4-11,15-16H,3,12-14H2,1-2H3,(H2,26,27,29,32)/t15-,16+/m1/s1. The summed E-state index contributed by atoms with van der Waals surface area (Å²) in [6.45, 7) is 3.60. The van der Waals surface area contributed by atoms with Crippen LogP contribution in [0.2, 0.25) is 0 Å². The third-order valence-corrected chi connectivity index (χ3v) is 5.55. The number of anilines is 2. The van der Waals surface area contributed by atoms with Crippen LogP contribution in [0.5, 0.6) is 0 Å². The second kappa shape index (κ2) is 10.7. The van der Waals surface area contributed by atoms with Gasteiger partial charge in [-0.1, -0.05) is 44.2 Å². The van der Waals surface area contributed by atoms with Gasteiger partial charge in [-0.15, -0.1) is 0 Å². The summed E-state index contributed by atoms with van der Waals surface area (Å²) in [5, 5.41) is 4.16. The number of esters is 1. The Kier molecular flexibility index (Phi) is 7.76. The Hall–Kier alpha value is -3.75. The predicted octanol–water partition coefficient (Wildman–Crippen LogP) is 3.58. The van der Waals surface area contributed by atoms with Gasteiger partial charge in [0.2, 0.25) is 5.91 Å². The highest BCUT2D eigenvalue weighted by Crippen LogP contribution is 2.33. The second-order valence-electron chi connectivity index (χ2n) is 7.86. The lowest BCUT2D eigenvalue weighted by molar-refractivity contribution is -0.152. The molecular formula is C24H26FN3O5. The fourth-order valence-corrected chi connectivity index (χ4v) is 3.60.